The highest BCUT2D eigenvalue weighted by Gasteiger charge is 2.22. The lowest BCUT2D eigenvalue weighted by Crippen LogP contribution is -2.35. The van der Waals surface area contributed by atoms with Crippen LogP contribution in [0.3, 0.4) is 0 Å². The Hall–Kier alpha value is -1.33. The number of hydrogen-bond donors (Lipinski definition) is 1. The first-order valence-electron chi connectivity index (χ1n) is 7.73. The van der Waals surface area contributed by atoms with Gasteiger partial charge in [-0.05, 0) is 50.2 Å². The van der Waals surface area contributed by atoms with Gasteiger partial charge in [0.05, 0.1) is 18.1 Å². The van der Waals surface area contributed by atoms with E-state index < -0.39 is 0 Å². The predicted octanol–water partition coefficient (Wildman–Crippen LogP) is 3.75. The standard InChI is InChI=1S/C16H23N3OS/c1-3-8-18-9-6-12(7-10-18)19-15-11-13(20-2)4-5-14(15)17-16(19)21/h4-5,11-12H,3,6-10H2,1-2H3,(H,17,21). The lowest BCUT2D eigenvalue weighted by Gasteiger charge is -2.32. The van der Waals surface area contributed by atoms with Crippen LogP contribution in [0.15, 0.2) is 18.2 Å². The van der Waals surface area contributed by atoms with E-state index in [2.05, 4.69) is 27.4 Å². The van der Waals surface area contributed by atoms with Crippen LogP contribution in [0.2, 0.25) is 0 Å². The second kappa shape index (κ2) is 6.20. The molecule has 1 aromatic carbocycles. The zero-order valence-corrected chi connectivity index (χ0v) is 13.6. The molecule has 2 heterocycles. The summed E-state index contributed by atoms with van der Waals surface area (Å²) < 4.78 is 8.47. The van der Waals surface area contributed by atoms with Crippen molar-refractivity contribution in [2.24, 2.45) is 0 Å². The van der Waals surface area contributed by atoms with Crippen LogP contribution >= 0.6 is 12.2 Å². The molecule has 0 radical (unpaired) electrons. The third-order valence-electron chi connectivity index (χ3n) is 4.39. The van der Waals surface area contributed by atoms with Crippen molar-refractivity contribution in [1.29, 1.82) is 0 Å². The van der Waals surface area contributed by atoms with Crippen LogP contribution in [0.5, 0.6) is 5.75 Å². The molecule has 0 aliphatic carbocycles. The van der Waals surface area contributed by atoms with Gasteiger partial charge in [0.1, 0.15) is 5.75 Å². The summed E-state index contributed by atoms with van der Waals surface area (Å²) in [6.45, 7) is 5.78. The minimum Gasteiger partial charge on any atom is -0.497 e. The Morgan fingerprint density at radius 1 is 1.33 bits per heavy atom. The van der Waals surface area contributed by atoms with Gasteiger partial charge >= 0.3 is 0 Å². The average molecular weight is 305 g/mol. The van der Waals surface area contributed by atoms with Gasteiger partial charge in [-0.3, -0.25) is 0 Å². The molecule has 0 bridgehead atoms. The van der Waals surface area contributed by atoms with Crippen molar-refractivity contribution in [2.45, 2.75) is 32.2 Å². The van der Waals surface area contributed by atoms with E-state index in [0.29, 0.717) is 6.04 Å². The number of imidazole rings is 1. The largest absolute Gasteiger partial charge is 0.497 e. The maximum atomic E-state index is 5.55. The van der Waals surface area contributed by atoms with Gasteiger partial charge < -0.3 is 19.2 Å². The number of ether oxygens (including phenoxy) is 1. The molecule has 0 spiro atoms. The van der Waals surface area contributed by atoms with E-state index >= 15 is 0 Å². The number of piperidine rings is 1. The molecule has 0 saturated carbocycles. The summed E-state index contributed by atoms with van der Waals surface area (Å²) in [4.78, 5) is 5.87. The van der Waals surface area contributed by atoms with Gasteiger partial charge in [0.2, 0.25) is 0 Å². The van der Waals surface area contributed by atoms with Crippen LogP contribution < -0.4 is 4.74 Å². The van der Waals surface area contributed by atoms with Crippen molar-refractivity contribution in [3.63, 3.8) is 0 Å². The number of nitrogens with one attached hydrogen (secondary N) is 1. The number of methoxy groups -OCH3 is 1. The maximum Gasteiger partial charge on any atom is 0.178 e. The molecule has 21 heavy (non-hydrogen) atoms. The van der Waals surface area contributed by atoms with Gasteiger partial charge in [0.15, 0.2) is 4.77 Å². The normalized spacial score (nSPS) is 17.4. The molecule has 5 heteroatoms. The second-order valence-corrected chi connectivity index (χ2v) is 6.14. The third-order valence-corrected chi connectivity index (χ3v) is 4.69. The van der Waals surface area contributed by atoms with E-state index in [-0.39, 0.29) is 0 Å². The minimum atomic E-state index is 0.492. The molecule has 0 unspecified atom stereocenters. The molecule has 114 valence electrons. The quantitative estimate of drug-likeness (QED) is 0.873. The number of aromatic nitrogens is 2. The van der Waals surface area contributed by atoms with Crippen molar-refractivity contribution in [3.05, 3.63) is 23.0 Å². The van der Waals surface area contributed by atoms with E-state index in [9.17, 15) is 0 Å². The fourth-order valence-electron chi connectivity index (χ4n) is 3.31. The minimum absolute atomic E-state index is 0.492. The SMILES string of the molecule is CCCN1CCC(n2c(=S)[nH]c3ccc(OC)cc32)CC1. The Labute approximate surface area is 130 Å². The molecule has 1 N–H and O–H groups in total. The third kappa shape index (κ3) is 2.85. The van der Waals surface area contributed by atoms with E-state index in [4.69, 9.17) is 17.0 Å². The van der Waals surface area contributed by atoms with Crippen molar-refractivity contribution in [3.8, 4) is 5.75 Å². The Kier molecular flexibility index (Phi) is 4.31. The zero-order chi connectivity index (χ0) is 14.8. The second-order valence-electron chi connectivity index (χ2n) is 5.76. The molecule has 2 aromatic rings. The molecule has 1 aliphatic heterocycles. The highest BCUT2D eigenvalue weighted by molar-refractivity contribution is 7.71. The number of rotatable bonds is 4. The Bertz CT molecular complexity index is 668. The van der Waals surface area contributed by atoms with Crippen LogP contribution in [0.25, 0.3) is 11.0 Å². The summed E-state index contributed by atoms with van der Waals surface area (Å²) in [6.07, 6.45) is 3.56. The van der Waals surface area contributed by atoms with Crippen LogP contribution in [-0.2, 0) is 0 Å². The van der Waals surface area contributed by atoms with Gasteiger partial charge in [0, 0.05) is 25.2 Å². The molecule has 1 aliphatic rings. The summed E-state index contributed by atoms with van der Waals surface area (Å²) in [5.74, 6) is 0.883. The smallest absolute Gasteiger partial charge is 0.178 e. The Morgan fingerprint density at radius 3 is 2.76 bits per heavy atom. The molecule has 0 atom stereocenters. The molecule has 4 nitrogen and oxygen atoms in total. The Morgan fingerprint density at radius 2 is 2.10 bits per heavy atom. The first-order valence-corrected chi connectivity index (χ1v) is 8.14. The lowest BCUT2D eigenvalue weighted by atomic mass is 10.0. The molecular formula is C16H23N3OS. The lowest BCUT2D eigenvalue weighted by molar-refractivity contribution is 0.188. The highest BCUT2D eigenvalue weighted by atomic mass is 32.1. The number of benzene rings is 1. The van der Waals surface area contributed by atoms with Crippen molar-refractivity contribution in [1.82, 2.24) is 14.5 Å². The molecule has 1 aromatic heterocycles. The first kappa shape index (κ1) is 14.6. The summed E-state index contributed by atoms with van der Waals surface area (Å²) in [7, 11) is 1.70. The number of fused-ring (bicyclic) bond motifs is 1. The summed E-state index contributed by atoms with van der Waals surface area (Å²) >= 11 is 5.55. The zero-order valence-electron chi connectivity index (χ0n) is 12.8. The average Bonchev–Trinajstić information content (AvgIpc) is 2.83. The summed E-state index contributed by atoms with van der Waals surface area (Å²) in [5, 5.41) is 0. The van der Waals surface area contributed by atoms with E-state index in [1.54, 1.807) is 7.11 Å². The highest BCUT2D eigenvalue weighted by Crippen LogP contribution is 2.29. The summed E-state index contributed by atoms with van der Waals surface area (Å²) in [5.41, 5.74) is 2.25. The van der Waals surface area contributed by atoms with Crippen LogP contribution in [0.1, 0.15) is 32.2 Å². The number of aromatic amines is 1. The van der Waals surface area contributed by atoms with E-state index in [1.807, 2.05) is 12.1 Å². The predicted molar refractivity (Wildman–Crippen MR) is 88.7 cm³/mol. The van der Waals surface area contributed by atoms with Gasteiger partial charge in [-0.1, -0.05) is 6.92 Å². The van der Waals surface area contributed by atoms with Gasteiger partial charge in [0.25, 0.3) is 0 Å². The fourth-order valence-corrected chi connectivity index (χ4v) is 3.67. The molecule has 0 amide bonds. The monoisotopic (exact) mass is 305 g/mol. The van der Waals surface area contributed by atoms with Gasteiger partial charge in [-0.15, -0.1) is 0 Å². The van der Waals surface area contributed by atoms with Crippen LogP contribution in [0, 0.1) is 4.77 Å². The van der Waals surface area contributed by atoms with Gasteiger partial charge in [-0.25, -0.2) is 0 Å². The number of likely N-dealkylation sites (tertiary alicyclic amines) is 1. The molecule has 1 fully saturated rings. The maximum absolute atomic E-state index is 5.55. The van der Waals surface area contributed by atoms with Crippen LogP contribution in [0.4, 0.5) is 0 Å². The molecular weight excluding hydrogens is 282 g/mol. The summed E-state index contributed by atoms with van der Waals surface area (Å²) in [6, 6.07) is 6.60. The van der Waals surface area contributed by atoms with Crippen molar-refractivity contribution in [2.75, 3.05) is 26.7 Å². The van der Waals surface area contributed by atoms with E-state index in [0.717, 1.165) is 34.6 Å². The molecule has 1 saturated heterocycles. The van der Waals surface area contributed by atoms with Gasteiger partial charge in [-0.2, -0.15) is 0 Å². The van der Waals surface area contributed by atoms with E-state index in [1.165, 1.54) is 25.8 Å². The Balaban J connectivity index is 1.90. The molecule has 3 rings (SSSR count). The topological polar surface area (TPSA) is 33.2 Å². The van der Waals surface area contributed by atoms with Crippen molar-refractivity contribution >= 4 is 23.3 Å². The number of nitrogens with zero attached hydrogens (tertiary/aromatic N) is 2. The fraction of sp³-hybridized carbons (Fsp3) is 0.562. The van der Waals surface area contributed by atoms with Crippen LogP contribution in [-0.4, -0.2) is 41.2 Å². The first-order chi connectivity index (χ1) is 10.2. The number of hydrogen-bond acceptors (Lipinski definition) is 3. The number of H-pyrrole nitrogens is 1. The van der Waals surface area contributed by atoms with Crippen molar-refractivity contribution < 1.29 is 4.74 Å².